The first-order valence-electron chi connectivity index (χ1n) is 10.4. The Morgan fingerprint density at radius 1 is 1.09 bits per heavy atom. The Hall–Kier alpha value is -1.81. The van der Waals surface area contributed by atoms with Gasteiger partial charge in [0.05, 0.1) is 22.0 Å². The van der Waals surface area contributed by atoms with Gasteiger partial charge >= 0.3 is 0 Å². The van der Waals surface area contributed by atoms with Crippen molar-refractivity contribution in [3.8, 4) is 0 Å². The molecular weight excluding hydrogens is 565 g/mol. The number of carbonyl (C=O) groups is 2. The van der Waals surface area contributed by atoms with Crippen LogP contribution in [0.1, 0.15) is 33.3 Å². The van der Waals surface area contributed by atoms with Gasteiger partial charge in [-0.1, -0.05) is 41.4 Å². The minimum Gasteiger partial charge on any atom is -0.350 e. The van der Waals surface area contributed by atoms with Gasteiger partial charge in [-0.15, -0.1) is 0 Å². The molecule has 0 aliphatic rings. The highest BCUT2D eigenvalue weighted by Crippen LogP contribution is 2.28. The molecule has 2 aromatic rings. The quantitative estimate of drug-likeness (QED) is 0.474. The van der Waals surface area contributed by atoms with E-state index < -0.39 is 34.1 Å². The second kappa shape index (κ2) is 11.3. The summed E-state index contributed by atoms with van der Waals surface area (Å²) in [7, 11) is -3.81. The number of nitrogens with zero attached hydrogens (tertiary/aromatic N) is 2. The van der Waals surface area contributed by atoms with Gasteiger partial charge in [0.15, 0.2) is 0 Å². The lowest BCUT2D eigenvalue weighted by molar-refractivity contribution is -0.140. The first-order chi connectivity index (χ1) is 15.6. The topological polar surface area (TPSA) is 86.8 Å². The summed E-state index contributed by atoms with van der Waals surface area (Å²) in [5.74, 6) is -0.920. The molecule has 1 unspecified atom stereocenters. The minimum absolute atomic E-state index is 0.0298. The smallest absolute Gasteiger partial charge is 0.244 e. The summed E-state index contributed by atoms with van der Waals surface area (Å²) in [5, 5.41) is 3.54. The van der Waals surface area contributed by atoms with Gasteiger partial charge in [-0.2, -0.15) is 0 Å². The third-order valence-corrected chi connectivity index (χ3v) is 7.34. The molecule has 1 N–H and O–H groups in total. The highest BCUT2D eigenvalue weighted by Gasteiger charge is 2.31. The predicted octanol–water partition coefficient (Wildman–Crippen LogP) is 4.85. The van der Waals surface area contributed by atoms with Crippen LogP contribution in [0.25, 0.3) is 0 Å². The van der Waals surface area contributed by atoms with Crippen LogP contribution in [0.5, 0.6) is 0 Å². The number of para-hydroxylation sites is 1. The standard InChI is InChI=1S/C23H28BrCl2N3O4S/c1-15(22(31)27-23(2,3)4)28(13-16-10-11-18(25)19(26)12-16)21(30)14-29(34(5,32)33)20-9-7-6-8-17(20)24/h6-12,15H,13-14H2,1-5H3,(H,27,31). The molecule has 2 amide bonds. The van der Waals surface area contributed by atoms with Crippen LogP contribution in [0.3, 0.4) is 0 Å². The number of benzene rings is 2. The van der Waals surface area contributed by atoms with Gasteiger partial charge in [0.25, 0.3) is 0 Å². The molecule has 0 heterocycles. The molecule has 0 saturated carbocycles. The van der Waals surface area contributed by atoms with Crippen molar-refractivity contribution in [1.82, 2.24) is 10.2 Å². The number of anilines is 1. The fourth-order valence-corrected chi connectivity index (χ4v) is 4.94. The monoisotopic (exact) mass is 591 g/mol. The summed E-state index contributed by atoms with van der Waals surface area (Å²) >= 11 is 15.5. The van der Waals surface area contributed by atoms with E-state index in [1.807, 2.05) is 20.8 Å². The van der Waals surface area contributed by atoms with Crippen molar-refractivity contribution in [3.05, 3.63) is 62.5 Å². The van der Waals surface area contributed by atoms with Crippen molar-refractivity contribution < 1.29 is 18.0 Å². The van der Waals surface area contributed by atoms with Gasteiger partial charge in [-0.25, -0.2) is 8.42 Å². The summed E-state index contributed by atoms with van der Waals surface area (Å²) in [4.78, 5) is 27.8. The second-order valence-corrected chi connectivity index (χ2v) is 12.5. The first-order valence-corrected chi connectivity index (χ1v) is 13.8. The molecule has 34 heavy (non-hydrogen) atoms. The Balaban J connectivity index is 2.44. The van der Waals surface area contributed by atoms with E-state index in [1.54, 1.807) is 49.4 Å². The molecule has 2 rings (SSSR count). The number of nitrogens with one attached hydrogen (secondary N) is 1. The normalized spacial score (nSPS) is 12.7. The van der Waals surface area contributed by atoms with Gasteiger partial charge in [0.1, 0.15) is 12.6 Å². The van der Waals surface area contributed by atoms with Gasteiger partial charge in [-0.3, -0.25) is 13.9 Å². The van der Waals surface area contributed by atoms with Crippen LogP contribution >= 0.6 is 39.1 Å². The number of amides is 2. The Morgan fingerprint density at radius 2 is 1.71 bits per heavy atom. The maximum absolute atomic E-state index is 13.5. The zero-order chi connectivity index (χ0) is 25.8. The third-order valence-electron chi connectivity index (χ3n) is 4.80. The Bertz CT molecular complexity index is 1170. The first kappa shape index (κ1) is 28.4. The maximum atomic E-state index is 13.5. The largest absolute Gasteiger partial charge is 0.350 e. The molecule has 7 nitrogen and oxygen atoms in total. The molecular formula is C23H28BrCl2N3O4S. The second-order valence-electron chi connectivity index (χ2n) is 8.91. The Labute approximate surface area is 219 Å². The van der Waals surface area contributed by atoms with Crippen molar-refractivity contribution >= 4 is 66.7 Å². The molecule has 0 aromatic heterocycles. The lowest BCUT2D eigenvalue weighted by atomic mass is 10.1. The predicted molar refractivity (Wildman–Crippen MR) is 141 cm³/mol. The SMILES string of the molecule is CC(C(=O)NC(C)(C)C)N(Cc1ccc(Cl)c(Cl)c1)C(=O)CN(c1ccccc1Br)S(C)(=O)=O. The fourth-order valence-electron chi connectivity index (χ4n) is 3.14. The zero-order valence-electron chi connectivity index (χ0n) is 19.6. The molecule has 2 aromatic carbocycles. The lowest BCUT2D eigenvalue weighted by Gasteiger charge is -2.33. The van der Waals surface area contributed by atoms with Crippen LogP contribution in [0.4, 0.5) is 5.69 Å². The number of hydrogen-bond donors (Lipinski definition) is 1. The molecule has 1 atom stereocenters. The number of halogens is 3. The van der Waals surface area contributed by atoms with E-state index in [2.05, 4.69) is 21.2 Å². The molecule has 0 aliphatic heterocycles. The third kappa shape index (κ3) is 7.86. The van der Waals surface area contributed by atoms with Crippen LogP contribution in [-0.2, 0) is 26.2 Å². The highest BCUT2D eigenvalue weighted by atomic mass is 79.9. The lowest BCUT2D eigenvalue weighted by Crippen LogP contribution is -2.54. The van der Waals surface area contributed by atoms with Crippen molar-refractivity contribution in [2.24, 2.45) is 0 Å². The van der Waals surface area contributed by atoms with Crippen LogP contribution in [0.15, 0.2) is 46.9 Å². The molecule has 0 aliphatic carbocycles. The number of carbonyl (C=O) groups excluding carboxylic acids is 2. The van der Waals surface area contributed by atoms with Crippen LogP contribution < -0.4 is 9.62 Å². The average Bonchev–Trinajstić information content (AvgIpc) is 2.70. The summed E-state index contributed by atoms with van der Waals surface area (Å²) in [5.41, 5.74) is 0.446. The maximum Gasteiger partial charge on any atom is 0.244 e. The molecule has 0 fully saturated rings. The fraction of sp³-hybridized carbons (Fsp3) is 0.391. The summed E-state index contributed by atoms with van der Waals surface area (Å²) in [6, 6.07) is 10.7. The van der Waals surface area contributed by atoms with Crippen LogP contribution in [0.2, 0.25) is 10.0 Å². The Morgan fingerprint density at radius 3 is 2.24 bits per heavy atom. The highest BCUT2D eigenvalue weighted by molar-refractivity contribution is 9.10. The summed E-state index contributed by atoms with van der Waals surface area (Å²) in [6.45, 7) is 6.64. The zero-order valence-corrected chi connectivity index (χ0v) is 23.5. The van der Waals surface area contributed by atoms with Crippen molar-refractivity contribution in [2.45, 2.75) is 45.8 Å². The van der Waals surface area contributed by atoms with Crippen LogP contribution in [-0.4, -0.2) is 49.5 Å². The molecule has 0 spiro atoms. The minimum atomic E-state index is -3.81. The van der Waals surface area contributed by atoms with Gasteiger partial charge in [-0.05, 0) is 73.5 Å². The van der Waals surface area contributed by atoms with Crippen molar-refractivity contribution in [2.75, 3.05) is 17.1 Å². The number of rotatable bonds is 8. The number of sulfonamides is 1. The van der Waals surface area contributed by atoms with E-state index in [1.165, 1.54) is 4.90 Å². The molecule has 0 bridgehead atoms. The summed E-state index contributed by atoms with van der Waals surface area (Å²) < 4.78 is 26.7. The summed E-state index contributed by atoms with van der Waals surface area (Å²) in [6.07, 6.45) is 1.03. The molecule has 0 saturated heterocycles. The van der Waals surface area contributed by atoms with Gasteiger partial charge < -0.3 is 10.2 Å². The average molecular weight is 593 g/mol. The molecule has 0 radical (unpaired) electrons. The van der Waals surface area contributed by atoms with E-state index in [4.69, 9.17) is 23.2 Å². The van der Waals surface area contributed by atoms with E-state index in [-0.39, 0.29) is 12.5 Å². The molecule has 11 heteroatoms. The molecule has 186 valence electrons. The Kier molecular flexibility index (Phi) is 9.44. The van der Waals surface area contributed by atoms with Crippen LogP contribution in [0, 0.1) is 0 Å². The van der Waals surface area contributed by atoms with E-state index in [0.29, 0.717) is 25.8 Å². The van der Waals surface area contributed by atoms with E-state index >= 15 is 0 Å². The van der Waals surface area contributed by atoms with E-state index in [0.717, 1.165) is 10.6 Å². The van der Waals surface area contributed by atoms with Crippen molar-refractivity contribution in [3.63, 3.8) is 0 Å². The van der Waals surface area contributed by atoms with Gasteiger partial charge in [0, 0.05) is 16.6 Å². The number of hydrogen-bond acceptors (Lipinski definition) is 4. The van der Waals surface area contributed by atoms with Gasteiger partial charge in [0.2, 0.25) is 21.8 Å². The van der Waals surface area contributed by atoms with Crippen molar-refractivity contribution in [1.29, 1.82) is 0 Å². The van der Waals surface area contributed by atoms with E-state index in [9.17, 15) is 18.0 Å².